The number of benzene rings is 1. The zero-order chi connectivity index (χ0) is 12.3. The quantitative estimate of drug-likeness (QED) is 0.867. The summed E-state index contributed by atoms with van der Waals surface area (Å²) in [6.07, 6.45) is 4.06. The number of aryl methyl sites for hydroxylation is 1. The van der Waals surface area contributed by atoms with Crippen LogP contribution in [0.2, 0.25) is 0 Å². The van der Waals surface area contributed by atoms with Crippen LogP contribution in [0.1, 0.15) is 38.2 Å². The lowest BCUT2D eigenvalue weighted by atomic mass is 9.91. The lowest BCUT2D eigenvalue weighted by molar-refractivity contribution is 0.122. The molecule has 1 aromatic rings. The van der Waals surface area contributed by atoms with Gasteiger partial charge in [0.15, 0.2) is 0 Å². The maximum Gasteiger partial charge on any atom is 0.0541 e. The smallest absolute Gasteiger partial charge is 0.0541 e. The summed E-state index contributed by atoms with van der Waals surface area (Å²) in [5.74, 6) is 0. The van der Waals surface area contributed by atoms with E-state index in [4.69, 9.17) is 0 Å². The van der Waals surface area contributed by atoms with Crippen molar-refractivity contribution in [3.63, 3.8) is 0 Å². The van der Waals surface area contributed by atoms with E-state index in [0.29, 0.717) is 6.04 Å². The van der Waals surface area contributed by atoms with Crippen LogP contribution in [0.15, 0.2) is 24.3 Å². The molecule has 0 aliphatic heterocycles. The van der Waals surface area contributed by atoms with E-state index in [1.54, 1.807) is 0 Å². The maximum absolute atomic E-state index is 9.59. The minimum atomic E-state index is -0.0678. The molecule has 0 radical (unpaired) electrons. The highest BCUT2D eigenvalue weighted by molar-refractivity contribution is 5.53. The Balaban J connectivity index is 2.14. The normalized spacial score (nSPS) is 24.6. The zero-order valence-electron chi connectivity index (χ0n) is 10.9. The molecule has 1 N–H and O–H groups in total. The van der Waals surface area contributed by atoms with Crippen molar-refractivity contribution in [1.29, 1.82) is 0 Å². The number of aliphatic hydroxyl groups is 1. The highest BCUT2D eigenvalue weighted by Gasteiger charge is 2.24. The van der Waals surface area contributed by atoms with Gasteiger partial charge in [0, 0.05) is 18.3 Å². The summed E-state index contributed by atoms with van der Waals surface area (Å²) in [4.78, 5) is 2.50. The third kappa shape index (κ3) is 2.81. The van der Waals surface area contributed by atoms with E-state index in [-0.39, 0.29) is 6.10 Å². The van der Waals surface area contributed by atoms with Gasteiger partial charge in [0.2, 0.25) is 0 Å². The molecule has 1 saturated carbocycles. The molecule has 1 aromatic carbocycles. The van der Waals surface area contributed by atoms with Crippen molar-refractivity contribution in [2.45, 2.75) is 51.7 Å². The molecule has 0 bridgehead atoms. The predicted octanol–water partition coefficient (Wildman–Crippen LogP) is 3.12. The first kappa shape index (κ1) is 12.4. The van der Waals surface area contributed by atoms with Crippen LogP contribution >= 0.6 is 0 Å². The minimum absolute atomic E-state index is 0.0678. The fraction of sp³-hybridized carbons (Fsp3) is 0.600. The van der Waals surface area contributed by atoms with Gasteiger partial charge < -0.3 is 10.0 Å². The Morgan fingerprint density at radius 2 is 1.82 bits per heavy atom. The van der Waals surface area contributed by atoms with Gasteiger partial charge in [0.1, 0.15) is 0 Å². The molecule has 0 saturated heterocycles. The molecule has 0 spiro atoms. The molecule has 0 amide bonds. The fourth-order valence-corrected chi connectivity index (χ4v) is 2.88. The number of rotatable bonds is 3. The number of anilines is 1. The van der Waals surface area contributed by atoms with Gasteiger partial charge in [-0.2, -0.15) is 0 Å². The highest BCUT2D eigenvalue weighted by atomic mass is 16.3. The number of hydrogen-bond donors (Lipinski definition) is 1. The molecule has 0 aromatic heterocycles. The van der Waals surface area contributed by atoms with Gasteiger partial charge in [-0.1, -0.05) is 18.2 Å². The number of para-hydroxylation sites is 1. The topological polar surface area (TPSA) is 23.5 Å². The first-order chi connectivity index (χ1) is 8.22. The lowest BCUT2D eigenvalue weighted by Gasteiger charge is -2.37. The Morgan fingerprint density at radius 3 is 2.41 bits per heavy atom. The third-order valence-electron chi connectivity index (χ3n) is 3.87. The van der Waals surface area contributed by atoms with Gasteiger partial charge in [-0.15, -0.1) is 0 Å². The summed E-state index contributed by atoms with van der Waals surface area (Å²) in [5.41, 5.74) is 2.71. The van der Waals surface area contributed by atoms with Crippen LogP contribution in [0.25, 0.3) is 0 Å². The van der Waals surface area contributed by atoms with Gasteiger partial charge in [-0.3, -0.25) is 0 Å². The third-order valence-corrected chi connectivity index (χ3v) is 3.87. The molecule has 0 atom stereocenters. The Kier molecular flexibility index (Phi) is 4.06. The molecule has 2 nitrogen and oxygen atoms in total. The van der Waals surface area contributed by atoms with Crippen molar-refractivity contribution in [2.75, 3.05) is 11.4 Å². The molecule has 0 heterocycles. The highest BCUT2D eigenvalue weighted by Crippen LogP contribution is 2.29. The Bertz CT molecular complexity index is 356. The molecule has 1 aliphatic rings. The summed E-state index contributed by atoms with van der Waals surface area (Å²) >= 11 is 0. The van der Waals surface area contributed by atoms with E-state index < -0.39 is 0 Å². The van der Waals surface area contributed by atoms with Gasteiger partial charge in [0.05, 0.1) is 6.10 Å². The molecule has 94 valence electrons. The molecule has 1 aliphatic carbocycles. The molecule has 2 heteroatoms. The first-order valence-corrected chi connectivity index (χ1v) is 6.72. The maximum atomic E-state index is 9.59. The van der Waals surface area contributed by atoms with E-state index in [9.17, 15) is 5.11 Å². The molecule has 2 rings (SSSR count). The fourth-order valence-electron chi connectivity index (χ4n) is 2.88. The summed E-state index contributed by atoms with van der Waals surface area (Å²) in [5, 5.41) is 9.59. The second-order valence-electron chi connectivity index (χ2n) is 5.03. The summed E-state index contributed by atoms with van der Waals surface area (Å²) in [6, 6.07) is 9.20. The Labute approximate surface area is 104 Å². The van der Waals surface area contributed by atoms with Crippen molar-refractivity contribution >= 4 is 5.69 Å². The van der Waals surface area contributed by atoms with Gasteiger partial charge in [-0.05, 0) is 51.2 Å². The monoisotopic (exact) mass is 233 g/mol. The molecule has 0 unspecified atom stereocenters. The Hall–Kier alpha value is -1.02. The van der Waals surface area contributed by atoms with Crippen molar-refractivity contribution < 1.29 is 5.11 Å². The number of hydrogen-bond acceptors (Lipinski definition) is 2. The SMILES string of the molecule is CCN(c1ccccc1C)C1CCC(O)CC1. The molecule has 1 fully saturated rings. The number of nitrogens with zero attached hydrogens (tertiary/aromatic N) is 1. The second kappa shape index (κ2) is 5.54. The van der Waals surface area contributed by atoms with E-state index in [1.165, 1.54) is 11.3 Å². The standard InChI is InChI=1S/C15H23NO/c1-3-16(13-8-10-14(17)11-9-13)15-7-5-4-6-12(15)2/h4-7,13-14,17H,3,8-11H2,1-2H3. The summed E-state index contributed by atoms with van der Waals surface area (Å²) in [6.45, 7) is 5.44. The van der Waals surface area contributed by atoms with Crippen molar-refractivity contribution in [3.8, 4) is 0 Å². The van der Waals surface area contributed by atoms with Gasteiger partial charge >= 0.3 is 0 Å². The minimum Gasteiger partial charge on any atom is -0.393 e. The first-order valence-electron chi connectivity index (χ1n) is 6.72. The largest absolute Gasteiger partial charge is 0.393 e. The predicted molar refractivity (Wildman–Crippen MR) is 72.5 cm³/mol. The lowest BCUT2D eigenvalue weighted by Crippen LogP contribution is -2.39. The van der Waals surface area contributed by atoms with E-state index in [0.717, 1.165) is 32.2 Å². The number of aliphatic hydroxyl groups excluding tert-OH is 1. The van der Waals surface area contributed by atoms with Crippen LogP contribution in [0.5, 0.6) is 0 Å². The van der Waals surface area contributed by atoms with Crippen LogP contribution in [-0.2, 0) is 0 Å². The van der Waals surface area contributed by atoms with Crippen LogP contribution in [0.4, 0.5) is 5.69 Å². The van der Waals surface area contributed by atoms with Crippen LogP contribution < -0.4 is 4.90 Å². The zero-order valence-corrected chi connectivity index (χ0v) is 10.9. The Morgan fingerprint density at radius 1 is 1.18 bits per heavy atom. The molecular formula is C15H23NO. The second-order valence-corrected chi connectivity index (χ2v) is 5.03. The van der Waals surface area contributed by atoms with Crippen LogP contribution in [-0.4, -0.2) is 23.8 Å². The van der Waals surface area contributed by atoms with E-state index in [1.807, 2.05) is 0 Å². The molecular weight excluding hydrogens is 210 g/mol. The van der Waals surface area contributed by atoms with Crippen molar-refractivity contribution in [2.24, 2.45) is 0 Å². The van der Waals surface area contributed by atoms with Crippen LogP contribution in [0.3, 0.4) is 0 Å². The summed E-state index contributed by atoms with van der Waals surface area (Å²) in [7, 11) is 0. The average Bonchev–Trinajstić information content (AvgIpc) is 2.35. The van der Waals surface area contributed by atoms with Gasteiger partial charge in [-0.25, -0.2) is 0 Å². The van der Waals surface area contributed by atoms with E-state index >= 15 is 0 Å². The van der Waals surface area contributed by atoms with Crippen LogP contribution in [0, 0.1) is 6.92 Å². The van der Waals surface area contributed by atoms with Crippen molar-refractivity contribution in [1.82, 2.24) is 0 Å². The molecule has 17 heavy (non-hydrogen) atoms. The average molecular weight is 233 g/mol. The van der Waals surface area contributed by atoms with E-state index in [2.05, 4.69) is 43.0 Å². The summed E-state index contributed by atoms with van der Waals surface area (Å²) < 4.78 is 0. The van der Waals surface area contributed by atoms with Crippen molar-refractivity contribution in [3.05, 3.63) is 29.8 Å². The van der Waals surface area contributed by atoms with Gasteiger partial charge in [0.25, 0.3) is 0 Å².